The van der Waals surface area contributed by atoms with Gasteiger partial charge in [0.15, 0.2) is 0 Å². The minimum absolute atomic E-state index is 0.374. The largest absolute Gasteiger partial charge is 0.294 e. The normalized spacial score (nSPS) is 11.3. The fourth-order valence-electron chi connectivity index (χ4n) is 2.20. The summed E-state index contributed by atoms with van der Waals surface area (Å²) in [5.41, 5.74) is 4.82. The molecule has 116 valence electrons. The van der Waals surface area contributed by atoms with Gasteiger partial charge >= 0.3 is 0 Å². The van der Waals surface area contributed by atoms with Crippen LogP contribution in [0.2, 0.25) is 10.0 Å². The first-order valence-electron chi connectivity index (χ1n) is 6.78. The van der Waals surface area contributed by atoms with Crippen LogP contribution in [-0.4, -0.2) is 21.5 Å². The number of amides is 1. The van der Waals surface area contributed by atoms with Crippen molar-refractivity contribution in [1.82, 2.24) is 14.8 Å². The Morgan fingerprint density at radius 1 is 1.26 bits per heavy atom. The van der Waals surface area contributed by atoms with Gasteiger partial charge in [0.05, 0.1) is 16.9 Å². The third-order valence-electron chi connectivity index (χ3n) is 3.25. The molecule has 5 nitrogen and oxygen atoms in total. The summed E-state index contributed by atoms with van der Waals surface area (Å²) in [7, 11) is 0. The Morgan fingerprint density at radius 2 is 2.04 bits per heavy atom. The van der Waals surface area contributed by atoms with E-state index in [4.69, 9.17) is 23.2 Å². The minimum Gasteiger partial charge on any atom is -0.294 e. The summed E-state index contributed by atoms with van der Waals surface area (Å²) in [6.07, 6.45) is 3.13. The molecule has 3 aromatic rings. The maximum absolute atomic E-state index is 12.4. The van der Waals surface area contributed by atoms with Crippen molar-refractivity contribution in [2.45, 2.75) is 6.92 Å². The summed E-state index contributed by atoms with van der Waals surface area (Å²) < 4.78 is 1.64. The van der Waals surface area contributed by atoms with E-state index >= 15 is 0 Å². The SMILES string of the molecule is Cc1nc2ccc(Cl)cn2c1C(=O)N/N=C\c1ccccc1Cl. The first-order valence-corrected chi connectivity index (χ1v) is 7.54. The number of aromatic nitrogens is 2. The number of aryl methyl sites for hydroxylation is 1. The van der Waals surface area contributed by atoms with Crippen molar-refractivity contribution >= 4 is 41.0 Å². The van der Waals surface area contributed by atoms with Crippen LogP contribution in [0.3, 0.4) is 0 Å². The molecule has 0 saturated carbocycles. The van der Waals surface area contributed by atoms with Crippen LogP contribution in [0, 0.1) is 6.92 Å². The molecule has 7 heteroatoms. The molecular formula is C16H12Cl2N4O. The highest BCUT2D eigenvalue weighted by Gasteiger charge is 2.16. The zero-order valence-electron chi connectivity index (χ0n) is 12.1. The van der Waals surface area contributed by atoms with E-state index in [0.717, 1.165) is 0 Å². The van der Waals surface area contributed by atoms with Gasteiger partial charge in [0.2, 0.25) is 0 Å². The highest BCUT2D eigenvalue weighted by Crippen LogP contribution is 2.16. The van der Waals surface area contributed by atoms with Crippen LogP contribution in [0.1, 0.15) is 21.7 Å². The molecule has 3 rings (SSSR count). The molecule has 1 N–H and O–H groups in total. The van der Waals surface area contributed by atoms with Gasteiger partial charge in [-0.25, -0.2) is 10.4 Å². The number of rotatable bonds is 3. The smallest absolute Gasteiger partial charge is 0.290 e. The van der Waals surface area contributed by atoms with E-state index in [9.17, 15) is 4.79 Å². The maximum Gasteiger partial charge on any atom is 0.290 e. The summed E-state index contributed by atoms with van der Waals surface area (Å²) >= 11 is 12.0. The molecule has 0 aliphatic carbocycles. The quantitative estimate of drug-likeness (QED) is 0.580. The van der Waals surface area contributed by atoms with Gasteiger partial charge in [0.25, 0.3) is 5.91 Å². The minimum atomic E-state index is -0.374. The molecule has 0 aliphatic heterocycles. The van der Waals surface area contributed by atoms with Gasteiger partial charge in [-0.1, -0.05) is 41.4 Å². The molecule has 2 aromatic heterocycles. The topological polar surface area (TPSA) is 58.8 Å². The molecule has 2 heterocycles. The third-order valence-corrected chi connectivity index (χ3v) is 3.81. The van der Waals surface area contributed by atoms with E-state index in [1.165, 1.54) is 6.21 Å². The van der Waals surface area contributed by atoms with E-state index in [1.807, 2.05) is 12.1 Å². The van der Waals surface area contributed by atoms with E-state index in [2.05, 4.69) is 15.5 Å². The molecule has 1 aromatic carbocycles. The van der Waals surface area contributed by atoms with Gasteiger partial charge < -0.3 is 0 Å². The third kappa shape index (κ3) is 3.21. The Labute approximate surface area is 142 Å². The Balaban J connectivity index is 1.85. The Bertz CT molecular complexity index is 918. The fraction of sp³-hybridized carbons (Fsp3) is 0.0625. The van der Waals surface area contributed by atoms with Gasteiger partial charge in [-0.3, -0.25) is 9.20 Å². The molecule has 0 spiro atoms. The number of carbonyl (C=O) groups is 1. The lowest BCUT2D eigenvalue weighted by atomic mass is 10.2. The number of carbonyl (C=O) groups excluding carboxylic acids is 1. The van der Waals surface area contributed by atoms with Gasteiger partial charge in [-0.05, 0) is 25.1 Å². The van der Waals surface area contributed by atoms with Crippen LogP contribution in [0.5, 0.6) is 0 Å². The van der Waals surface area contributed by atoms with E-state index in [0.29, 0.717) is 32.6 Å². The fourth-order valence-corrected chi connectivity index (χ4v) is 2.55. The average Bonchev–Trinajstić information content (AvgIpc) is 2.84. The van der Waals surface area contributed by atoms with Crippen molar-refractivity contribution in [3.05, 3.63) is 69.6 Å². The van der Waals surface area contributed by atoms with E-state index in [1.54, 1.807) is 41.8 Å². The van der Waals surface area contributed by atoms with Crippen molar-refractivity contribution in [1.29, 1.82) is 0 Å². The number of halogens is 2. The number of hydrogen-bond donors (Lipinski definition) is 1. The average molecular weight is 347 g/mol. The van der Waals surface area contributed by atoms with Gasteiger partial charge in [0, 0.05) is 16.8 Å². The molecule has 1 amide bonds. The van der Waals surface area contributed by atoms with E-state index < -0.39 is 0 Å². The molecule has 23 heavy (non-hydrogen) atoms. The van der Waals surface area contributed by atoms with Crippen LogP contribution >= 0.6 is 23.2 Å². The molecule has 0 radical (unpaired) electrons. The van der Waals surface area contributed by atoms with Crippen molar-refractivity contribution < 1.29 is 4.79 Å². The Morgan fingerprint density at radius 3 is 2.83 bits per heavy atom. The van der Waals surface area contributed by atoms with Crippen LogP contribution in [0.25, 0.3) is 5.65 Å². The number of hydrazone groups is 1. The second-order valence-corrected chi connectivity index (χ2v) is 5.69. The van der Waals surface area contributed by atoms with Gasteiger partial charge in [-0.2, -0.15) is 5.10 Å². The number of imidazole rings is 1. The summed E-state index contributed by atoms with van der Waals surface area (Å²) in [6.45, 7) is 1.76. The van der Waals surface area contributed by atoms with Crippen molar-refractivity contribution in [3.8, 4) is 0 Å². The molecule has 0 aliphatic rings. The molecule has 0 atom stereocenters. The lowest BCUT2D eigenvalue weighted by Crippen LogP contribution is -2.20. The number of fused-ring (bicyclic) bond motifs is 1. The lowest BCUT2D eigenvalue weighted by Gasteiger charge is -2.02. The predicted molar refractivity (Wildman–Crippen MR) is 91.5 cm³/mol. The zero-order valence-corrected chi connectivity index (χ0v) is 13.6. The summed E-state index contributed by atoms with van der Waals surface area (Å²) in [4.78, 5) is 16.7. The van der Waals surface area contributed by atoms with Crippen LogP contribution in [0.15, 0.2) is 47.7 Å². The van der Waals surface area contributed by atoms with Crippen molar-refractivity contribution in [2.24, 2.45) is 5.10 Å². The highest BCUT2D eigenvalue weighted by atomic mass is 35.5. The lowest BCUT2D eigenvalue weighted by molar-refractivity contribution is 0.0948. The van der Waals surface area contributed by atoms with Crippen molar-refractivity contribution in [2.75, 3.05) is 0 Å². The molecule has 0 bridgehead atoms. The monoisotopic (exact) mass is 346 g/mol. The Kier molecular flexibility index (Phi) is 4.32. The number of nitrogens with zero attached hydrogens (tertiary/aromatic N) is 3. The van der Waals surface area contributed by atoms with Crippen LogP contribution in [-0.2, 0) is 0 Å². The summed E-state index contributed by atoms with van der Waals surface area (Å²) in [5.74, 6) is -0.374. The standard InChI is InChI=1S/C16H12Cl2N4O/c1-10-15(22-9-12(17)6-7-14(22)20-10)16(23)21-19-8-11-4-2-3-5-13(11)18/h2-9H,1H3,(H,21,23)/b19-8-. The Hall–Kier alpha value is -2.37. The second kappa shape index (κ2) is 6.40. The predicted octanol–water partition coefficient (Wildman–Crippen LogP) is 3.71. The number of pyridine rings is 1. The van der Waals surface area contributed by atoms with Gasteiger partial charge in [0.1, 0.15) is 11.3 Å². The molecular weight excluding hydrogens is 335 g/mol. The van der Waals surface area contributed by atoms with E-state index in [-0.39, 0.29) is 5.91 Å². The number of hydrogen-bond acceptors (Lipinski definition) is 3. The molecule has 0 saturated heterocycles. The first kappa shape index (κ1) is 15.5. The number of benzene rings is 1. The summed E-state index contributed by atoms with van der Waals surface area (Å²) in [5, 5.41) is 5.02. The zero-order chi connectivity index (χ0) is 16.4. The van der Waals surface area contributed by atoms with Crippen molar-refractivity contribution in [3.63, 3.8) is 0 Å². The van der Waals surface area contributed by atoms with Crippen LogP contribution < -0.4 is 5.43 Å². The number of nitrogens with one attached hydrogen (secondary N) is 1. The highest BCUT2D eigenvalue weighted by molar-refractivity contribution is 6.33. The summed E-state index contributed by atoms with van der Waals surface area (Å²) in [6, 6.07) is 10.7. The second-order valence-electron chi connectivity index (χ2n) is 4.84. The first-order chi connectivity index (χ1) is 11.1. The maximum atomic E-state index is 12.4. The molecule has 0 unspecified atom stereocenters. The molecule has 0 fully saturated rings. The van der Waals surface area contributed by atoms with Crippen LogP contribution in [0.4, 0.5) is 0 Å². The van der Waals surface area contributed by atoms with Gasteiger partial charge in [-0.15, -0.1) is 0 Å².